The second-order valence-corrected chi connectivity index (χ2v) is 2.93. The highest BCUT2D eigenvalue weighted by Gasteiger charge is 1.99. The van der Waals surface area contributed by atoms with Crippen molar-refractivity contribution in [2.75, 3.05) is 0 Å². The van der Waals surface area contributed by atoms with E-state index in [1.54, 1.807) is 0 Å². The zero-order chi connectivity index (χ0) is 9.10. The van der Waals surface area contributed by atoms with Gasteiger partial charge >= 0.3 is 0 Å². The third-order valence-corrected chi connectivity index (χ3v) is 1.84. The van der Waals surface area contributed by atoms with Gasteiger partial charge in [0.15, 0.2) is 0 Å². The maximum atomic E-state index is 4.10. The van der Waals surface area contributed by atoms with Crippen LogP contribution in [0.2, 0.25) is 0 Å². The number of fused-ring (bicyclic) bond motifs is 1. The van der Waals surface area contributed by atoms with Gasteiger partial charge in [0.2, 0.25) is 0 Å². The molecule has 2 heteroatoms. The van der Waals surface area contributed by atoms with Crippen LogP contribution in [-0.4, -0.2) is 10.2 Å². The fourth-order valence-electron chi connectivity index (χ4n) is 1.22. The van der Waals surface area contributed by atoms with Crippen LogP contribution in [0.4, 0.5) is 0 Å². The molecule has 0 radical (unpaired) electrons. The second-order valence-electron chi connectivity index (χ2n) is 2.93. The van der Waals surface area contributed by atoms with Crippen LogP contribution < -0.4 is 0 Å². The molecular formula is C11H10N2. The Morgan fingerprint density at radius 1 is 0.923 bits per heavy atom. The lowest BCUT2D eigenvalue weighted by molar-refractivity contribution is 0.965. The van der Waals surface area contributed by atoms with Crippen LogP contribution in [0.5, 0.6) is 0 Å². The average Bonchev–Trinajstić information content (AvgIpc) is 2.08. The van der Waals surface area contributed by atoms with Gasteiger partial charge in [-0.05, 0) is 19.1 Å². The van der Waals surface area contributed by atoms with E-state index in [1.807, 2.05) is 49.4 Å². The lowest BCUT2D eigenvalue weighted by Gasteiger charge is -2.00. The molecule has 0 aliphatic heterocycles. The van der Waals surface area contributed by atoms with Crippen molar-refractivity contribution in [2.45, 2.75) is 6.92 Å². The van der Waals surface area contributed by atoms with Gasteiger partial charge in [-0.25, -0.2) is 0 Å². The molecule has 1 aromatic rings. The highest BCUT2D eigenvalue weighted by molar-refractivity contribution is 5.65. The maximum absolute atomic E-state index is 4.10. The minimum absolute atomic E-state index is 0.922. The number of hydrogen-bond donors (Lipinski definition) is 0. The van der Waals surface area contributed by atoms with E-state index in [4.69, 9.17) is 0 Å². The fraction of sp³-hybridized carbons (Fsp3) is 0.0909. The van der Waals surface area contributed by atoms with Crippen molar-refractivity contribution in [3.63, 3.8) is 0 Å². The van der Waals surface area contributed by atoms with Gasteiger partial charge in [-0.1, -0.05) is 30.4 Å². The lowest BCUT2D eigenvalue weighted by atomic mass is 10.1. The van der Waals surface area contributed by atoms with Crippen LogP contribution in [0.1, 0.15) is 17.0 Å². The Morgan fingerprint density at radius 3 is 2.54 bits per heavy atom. The molecule has 2 rings (SSSR count). The molecule has 0 saturated heterocycles. The fourth-order valence-corrected chi connectivity index (χ4v) is 1.22. The van der Waals surface area contributed by atoms with Crippen LogP contribution >= 0.6 is 0 Å². The first kappa shape index (κ1) is 7.92. The van der Waals surface area contributed by atoms with E-state index in [-0.39, 0.29) is 0 Å². The molecule has 1 heterocycles. The molecule has 1 aromatic heterocycles. The Balaban J connectivity index is 2.56. The van der Waals surface area contributed by atoms with E-state index in [1.165, 1.54) is 0 Å². The van der Waals surface area contributed by atoms with Crippen molar-refractivity contribution >= 4 is 12.2 Å². The van der Waals surface area contributed by atoms with E-state index in [0.717, 1.165) is 17.0 Å². The van der Waals surface area contributed by atoms with E-state index < -0.39 is 0 Å². The van der Waals surface area contributed by atoms with Crippen molar-refractivity contribution < 1.29 is 0 Å². The van der Waals surface area contributed by atoms with Gasteiger partial charge in [-0.3, -0.25) is 0 Å². The Morgan fingerprint density at radius 2 is 1.69 bits per heavy atom. The van der Waals surface area contributed by atoms with Gasteiger partial charge in [0.05, 0.1) is 11.4 Å². The van der Waals surface area contributed by atoms with Gasteiger partial charge in [-0.15, -0.1) is 0 Å². The molecule has 2 nitrogen and oxygen atoms in total. The lowest BCUT2D eigenvalue weighted by Crippen LogP contribution is -1.93. The zero-order valence-corrected chi connectivity index (χ0v) is 7.44. The molecule has 0 spiro atoms. The van der Waals surface area contributed by atoms with E-state index >= 15 is 0 Å². The molecule has 0 aromatic carbocycles. The first-order chi connectivity index (χ1) is 6.36. The van der Waals surface area contributed by atoms with Gasteiger partial charge < -0.3 is 0 Å². The molecule has 0 saturated carbocycles. The predicted molar refractivity (Wildman–Crippen MR) is 54.0 cm³/mol. The zero-order valence-electron chi connectivity index (χ0n) is 7.44. The SMILES string of the molecule is Cc1cc2c(nn1)\C=C/C=C\C=C/2. The summed E-state index contributed by atoms with van der Waals surface area (Å²) in [5.41, 5.74) is 2.99. The Hall–Kier alpha value is -1.70. The minimum atomic E-state index is 0.922. The number of aryl methyl sites for hydroxylation is 1. The first-order valence-electron chi connectivity index (χ1n) is 4.22. The summed E-state index contributed by atoms with van der Waals surface area (Å²) in [5.74, 6) is 0. The Kier molecular flexibility index (Phi) is 2.04. The summed E-state index contributed by atoms with van der Waals surface area (Å²) >= 11 is 0. The smallest absolute Gasteiger partial charge is 0.0929 e. The van der Waals surface area contributed by atoms with Crippen molar-refractivity contribution in [2.24, 2.45) is 0 Å². The van der Waals surface area contributed by atoms with Crippen molar-refractivity contribution in [3.8, 4) is 0 Å². The third-order valence-electron chi connectivity index (χ3n) is 1.84. The predicted octanol–water partition coefficient (Wildman–Crippen LogP) is 2.38. The molecular weight excluding hydrogens is 160 g/mol. The van der Waals surface area contributed by atoms with Crippen LogP contribution in [0.15, 0.2) is 30.4 Å². The summed E-state index contributed by atoms with van der Waals surface area (Å²) in [6.45, 7) is 1.94. The molecule has 0 atom stereocenters. The van der Waals surface area contributed by atoms with Crippen LogP contribution in [0, 0.1) is 6.92 Å². The third kappa shape index (κ3) is 1.72. The van der Waals surface area contributed by atoms with Crippen LogP contribution in [0.3, 0.4) is 0 Å². The molecule has 0 fully saturated rings. The topological polar surface area (TPSA) is 25.8 Å². The standard InChI is InChI=1S/C11H10N2/c1-9-8-10-6-4-2-3-5-7-11(10)13-12-9/h2-8H,1H3/b3-2-,4-2?,5-3?,6-4-,7-5-,10-6?,11-7?. The Labute approximate surface area is 77.3 Å². The van der Waals surface area contributed by atoms with Crippen molar-refractivity contribution in [1.29, 1.82) is 0 Å². The molecule has 0 unspecified atom stereocenters. The van der Waals surface area contributed by atoms with Crippen LogP contribution in [0.25, 0.3) is 12.2 Å². The highest BCUT2D eigenvalue weighted by Crippen LogP contribution is 2.12. The van der Waals surface area contributed by atoms with E-state index in [0.29, 0.717) is 0 Å². The van der Waals surface area contributed by atoms with E-state index in [9.17, 15) is 0 Å². The number of allylic oxidation sites excluding steroid dienone is 4. The molecule has 1 aliphatic rings. The number of aromatic nitrogens is 2. The molecule has 1 aliphatic carbocycles. The molecule has 0 N–H and O–H groups in total. The molecule has 0 amide bonds. The minimum Gasteiger partial charge on any atom is -0.155 e. The largest absolute Gasteiger partial charge is 0.155 e. The summed E-state index contributed by atoms with van der Waals surface area (Å²) in [6, 6.07) is 2.03. The quantitative estimate of drug-likeness (QED) is 0.597. The summed E-state index contributed by atoms with van der Waals surface area (Å²) in [4.78, 5) is 0. The Bertz CT molecular complexity index is 401. The summed E-state index contributed by atoms with van der Waals surface area (Å²) in [5, 5.41) is 8.10. The first-order valence-corrected chi connectivity index (χ1v) is 4.22. The normalized spacial score (nSPS) is 21.0. The number of nitrogens with zero attached hydrogens (tertiary/aromatic N) is 2. The summed E-state index contributed by atoms with van der Waals surface area (Å²) < 4.78 is 0. The number of rotatable bonds is 0. The molecule has 13 heavy (non-hydrogen) atoms. The maximum Gasteiger partial charge on any atom is 0.0929 e. The highest BCUT2D eigenvalue weighted by atomic mass is 15.1. The summed E-state index contributed by atoms with van der Waals surface area (Å²) in [6.07, 6.45) is 11.9. The van der Waals surface area contributed by atoms with Crippen LogP contribution in [-0.2, 0) is 0 Å². The second kappa shape index (κ2) is 3.35. The summed E-state index contributed by atoms with van der Waals surface area (Å²) in [7, 11) is 0. The van der Waals surface area contributed by atoms with Gasteiger partial charge in [0.1, 0.15) is 0 Å². The van der Waals surface area contributed by atoms with Gasteiger partial charge in [-0.2, -0.15) is 10.2 Å². The van der Waals surface area contributed by atoms with Crippen molar-refractivity contribution in [1.82, 2.24) is 10.2 Å². The monoisotopic (exact) mass is 170 g/mol. The van der Waals surface area contributed by atoms with E-state index in [2.05, 4.69) is 10.2 Å². The number of hydrogen-bond acceptors (Lipinski definition) is 2. The van der Waals surface area contributed by atoms with Crippen molar-refractivity contribution in [3.05, 3.63) is 47.3 Å². The van der Waals surface area contributed by atoms with Gasteiger partial charge in [0, 0.05) is 5.56 Å². The molecule has 0 bridgehead atoms. The molecule has 64 valence electrons. The van der Waals surface area contributed by atoms with Gasteiger partial charge in [0.25, 0.3) is 0 Å². The average molecular weight is 170 g/mol.